The van der Waals surface area contributed by atoms with E-state index in [1.807, 2.05) is 6.08 Å². The van der Waals surface area contributed by atoms with Gasteiger partial charge in [0.25, 0.3) is 0 Å². The van der Waals surface area contributed by atoms with Gasteiger partial charge in [-0.25, -0.2) is 0 Å². The molecule has 0 aliphatic heterocycles. The quantitative estimate of drug-likeness (QED) is 0.434. The molecule has 0 amide bonds. The fourth-order valence-corrected chi connectivity index (χ4v) is 1.84. The van der Waals surface area contributed by atoms with Crippen molar-refractivity contribution in [3.63, 3.8) is 0 Å². The highest BCUT2D eigenvalue weighted by Gasteiger charge is 2.20. The number of rotatable bonds is 5. The smallest absolute Gasteiger partial charge is 0.147 e. The van der Waals surface area contributed by atoms with Gasteiger partial charge in [-0.2, -0.15) is 0 Å². The van der Waals surface area contributed by atoms with Gasteiger partial charge < -0.3 is 4.43 Å². The molecule has 0 bridgehead atoms. The molecule has 2 heteroatoms. The molecule has 0 spiro atoms. The Labute approximate surface area is 67.0 Å². The van der Waals surface area contributed by atoms with Crippen molar-refractivity contribution in [2.24, 2.45) is 0 Å². The molecular formula is C8H18OSi. The van der Waals surface area contributed by atoms with Gasteiger partial charge in [0.05, 0.1) is 5.60 Å². The van der Waals surface area contributed by atoms with Crippen LogP contribution in [0.5, 0.6) is 0 Å². The van der Waals surface area contributed by atoms with Crippen molar-refractivity contribution in [2.45, 2.75) is 38.7 Å². The average molecular weight is 158 g/mol. The van der Waals surface area contributed by atoms with Crippen molar-refractivity contribution in [3.05, 3.63) is 12.7 Å². The van der Waals surface area contributed by atoms with E-state index in [9.17, 15) is 0 Å². The van der Waals surface area contributed by atoms with E-state index in [0.717, 1.165) is 23.3 Å². The van der Waals surface area contributed by atoms with Crippen LogP contribution >= 0.6 is 0 Å². The minimum atomic E-state index is 0.000965. The third kappa shape index (κ3) is 2.27. The normalized spacial score (nSPS) is 16.6. The Morgan fingerprint density at radius 2 is 2.20 bits per heavy atom. The molecule has 0 aromatic rings. The second kappa shape index (κ2) is 4.69. The van der Waals surface area contributed by atoms with Gasteiger partial charge in [-0.05, 0) is 12.8 Å². The topological polar surface area (TPSA) is 9.23 Å². The van der Waals surface area contributed by atoms with Gasteiger partial charge in [0.15, 0.2) is 0 Å². The zero-order chi connectivity index (χ0) is 8.04. The number of hydrogen-bond acceptors (Lipinski definition) is 1. The molecule has 0 aliphatic rings. The summed E-state index contributed by atoms with van der Waals surface area (Å²) < 4.78 is 5.50. The van der Waals surface area contributed by atoms with Crippen molar-refractivity contribution < 1.29 is 4.43 Å². The first-order valence-electron chi connectivity index (χ1n) is 3.93. The van der Waals surface area contributed by atoms with E-state index in [0.29, 0.717) is 0 Å². The van der Waals surface area contributed by atoms with Crippen LogP contribution in [-0.2, 0) is 4.43 Å². The monoisotopic (exact) mass is 158 g/mol. The Morgan fingerprint density at radius 1 is 1.60 bits per heavy atom. The summed E-state index contributed by atoms with van der Waals surface area (Å²) in [6.07, 6.45) is 5.27. The summed E-state index contributed by atoms with van der Waals surface area (Å²) in [5, 5.41) is 0. The first kappa shape index (κ1) is 9.92. The molecule has 60 valence electrons. The highest BCUT2D eigenvalue weighted by atomic mass is 28.2. The SMILES string of the molecule is C=CC(CC)(CCC)O[SiH3]. The maximum atomic E-state index is 5.50. The summed E-state index contributed by atoms with van der Waals surface area (Å²) in [6.45, 7) is 8.11. The van der Waals surface area contributed by atoms with Crippen LogP contribution in [0.1, 0.15) is 33.1 Å². The molecule has 0 radical (unpaired) electrons. The van der Waals surface area contributed by atoms with Gasteiger partial charge in [-0.3, -0.25) is 0 Å². The standard InChI is InChI=1S/C8H18OSi/c1-4-7-8(5-2,6-3)9-10/h5H,2,4,6-7H2,1,3,10H3. The van der Waals surface area contributed by atoms with Crippen LogP contribution in [-0.4, -0.2) is 16.1 Å². The van der Waals surface area contributed by atoms with Crippen LogP contribution in [0.4, 0.5) is 0 Å². The van der Waals surface area contributed by atoms with Crippen molar-refractivity contribution in [2.75, 3.05) is 0 Å². The first-order chi connectivity index (χ1) is 4.74. The van der Waals surface area contributed by atoms with Crippen LogP contribution < -0.4 is 0 Å². The fraction of sp³-hybridized carbons (Fsp3) is 0.750. The molecular weight excluding hydrogens is 140 g/mol. The second-order valence-electron chi connectivity index (χ2n) is 2.58. The Hall–Kier alpha value is -0.0831. The predicted octanol–water partition coefficient (Wildman–Crippen LogP) is 1.42. The summed E-state index contributed by atoms with van der Waals surface area (Å²) in [6, 6.07) is 0. The summed E-state index contributed by atoms with van der Waals surface area (Å²) in [5.74, 6) is 0. The molecule has 1 atom stereocenters. The van der Waals surface area contributed by atoms with Crippen molar-refractivity contribution in [1.82, 2.24) is 0 Å². The van der Waals surface area contributed by atoms with Crippen molar-refractivity contribution in [3.8, 4) is 0 Å². The molecule has 0 saturated carbocycles. The Balaban J connectivity index is 4.00. The van der Waals surface area contributed by atoms with Crippen LogP contribution in [0.2, 0.25) is 0 Å². The van der Waals surface area contributed by atoms with Gasteiger partial charge in [-0.15, -0.1) is 6.58 Å². The lowest BCUT2D eigenvalue weighted by Crippen LogP contribution is -2.27. The lowest BCUT2D eigenvalue weighted by atomic mass is 9.95. The maximum absolute atomic E-state index is 5.50. The van der Waals surface area contributed by atoms with Crippen LogP contribution in [0.15, 0.2) is 12.7 Å². The number of hydrogen-bond donors (Lipinski definition) is 0. The van der Waals surface area contributed by atoms with Crippen LogP contribution in [0.25, 0.3) is 0 Å². The van der Waals surface area contributed by atoms with Crippen molar-refractivity contribution >= 4 is 10.5 Å². The summed E-state index contributed by atoms with van der Waals surface area (Å²) in [7, 11) is 0.808. The van der Waals surface area contributed by atoms with Gasteiger partial charge in [-0.1, -0.05) is 26.3 Å². The lowest BCUT2D eigenvalue weighted by Gasteiger charge is -2.27. The highest BCUT2D eigenvalue weighted by Crippen LogP contribution is 2.21. The Bertz CT molecular complexity index is 97.4. The molecule has 0 aromatic carbocycles. The van der Waals surface area contributed by atoms with Gasteiger partial charge in [0.1, 0.15) is 10.5 Å². The molecule has 0 saturated heterocycles. The van der Waals surface area contributed by atoms with Gasteiger partial charge in [0.2, 0.25) is 0 Å². The predicted molar refractivity (Wildman–Crippen MR) is 49.2 cm³/mol. The minimum Gasteiger partial charge on any atom is -0.419 e. The van der Waals surface area contributed by atoms with E-state index < -0.39 is 0 Å². The summed E-state index contributed by atoms with van der Waals surface area (Å²) >= 11 is 0. The van der Waals surface area contributed by atoms with Crippen molar-refractivity contribution in [1.29, 1.82) is 0 Å². The molecule has 0 aromatic heterocycles. The molecule has 0 N–H and O–H groups in total. The lowest BCUT2D eigenvalue weighted by molar-refractivity contribution is 0.118. The van der Waals surface area contributed by atoms with Gasteiger partial charge >= 0.3 is 0 Å². The molecule has 1 nitrogen and oxygen atoms in total. The highest BCUT2D eigenvalue weighted by molar-refractivity contribution is 5.98. The molecule has 0 fully saturated rings. The summed E-state index contributed by atoms with van der Waals surface area (Å²) in [4.78, 5) is 0. The Morgan fingerprint density at radius 3 is 2.30 bits per heavy atom. The van der Waals surface area contributed by atoms with E-state index in [4.69, 9.17) is 4.43 Å². The third-order valence-electron chi connectivity index (χ3n) is 2.05. The molecule has 1 unspecified atom stereocenters. The fourth-order valence-electron chi connectivity index (χ4n) is 1.18. The third-order valence-corrected chi connectivity index (χ3v) is 2.86. The van der Waals surface area contributed by atoms with E-state index in [1.165, 1.54) is 6.42 Å². The zero-order valence-corrected chi connectivity index (χ0v) is 9.31. The average Bonchev–Trinajstić information content (AvgIpc) is 2.01. The first-order valence-corrected chi connectivity index (χ1v) is 4.75. The van der Waals surface area contributed by atoms with E-state index >= 15 is 0 Å². The Kier molecular flexibility index (Phi) is 4.65. The van der Waals surface area contributed by atoms with E-state index in [2.05, 4.69) is 20.4 Å². The van der Waals surface area contributed by atoms with E-state index in [1.54, 1.807) is 0 Å². The molecule has 0 rings (SSSR count). The van der Waals surface area contributed by atoms with E-state index in [-0.39, 0.29) is 5.60 Å². The molecule has 0 heterocycles. The zero-order valence-electron chi connectivity index (χ0n) is 7.31. The van der Waals surface area contributed by atoms with Crippen LogP contribution in [0, 0.1) is 0 Å². The maximum Gasteiger partial charge on any atom is 0.147 e. The minimum absolute atomic E-state index is 0.000965. The molecule has 0 aliphatic carbocycles. The summed E-state index contributed by atoms with van der Waals surface area (Å²) in [5.41, 5.74) is 0.000965. The second-order valence-corrected chi connectivity index (χ2v) is 2.98. The molecule has 10 heavy (non-hydrogen) atoms. The largest absolute Gasteiger partial charge is 0.419 e. The van der Waals surface area contributed by atoms with Gasteiger partial charge in [0, 0.05) is 0 Å². The van der Waals surface area contributed by atoms with Crippen LogP contribution in [0.3, 0.4) is 0 Å².